The molecule has 0 aromatic carbocycles. The van der Waals surface area contributed by atoms with Gasteiger partial charge in [-0.2, -0.15) is 0 Å². The van der Waals surface area contributed by atoms with E-state index in [1.54, 1.807) is 18.4 Å². The van der Waals surface area contributed by atoms with Crippen LogP contribution < -0.4 is 5.73 Å². The Hall–Kier alpha value is -0.450. The van der Waals surface area contributed by atoms with Gasteiger partial charge in [-0.05, 0) is 18.8 Å². The van der Waals surface area contributed by atoms with Crippen molar-refractivity contribution in [3.63, 3.8) is 0 Å². The van der Waals surface area contributed by atoms with Crippen LogP contribution in [-0.4, -0.2) is 12.1 Å². The lowest BCUT2D eigenvalue weighted by Gasteiger charge is -2.27. The number of nitrogens with zero attached hydrogens (tertiary/aromatic N) is 1. The SMILES string of the molecule is COC(c1ncc(CN)s1)C1CCCCC1. The van der Waals surface area contributed by atoms with Crippen LogP contribution in [0.1, 0.15) is 48.1 Å². The Balaban J connectivity index is 2.08. The highest BCUT2D eigenvalue weighted by atomic mass is 32.1. The molecule has 1 unspecified atom stereocenters. The first-order valence-corrected chi connectivity index (χ1v) is 6.84. The third kappa shape index (κ3) is 2.62. The maximum absolute atomic E-state index is 5.64. The van der Waals surface area contributed by atoms with Crippen molar-refractivity contribution in [1.82, 2.24) is 4.98 Å². The normalized spacial score (nSPS) is 19.9. The number of thiazole rings is 1. The summed E-state index contributed by atoms with van der Waals surface area (Å²) in [7, 11) is 1.79. The molecule has 0 amide bonds. The topological polar surface area (TPSA) is 48.1 Å². The van der Waals surface area contributed by atoms with E-state index in [1.807, 2.05) is 6.20 Å². The lowest BCUT2D eigenvalue weighted by Crippen LogP contribution is -2.17. The number of rotatable bonds is 4. The molecule has 2 N–H and O–H groups in total. The van der Waals surface area contributed by atoms with Crippen molar-refractivity contribution in [3.05, 3.63) is 16.1 Å². The van der Waals surface area contributed by atoms with Crippen LogP contribution in [0.2, 0.25) is 0 Å². The van der Waals surface area contributed by atoms with Crippen LogP contribution in [0, 0.1) is 5.92 Å². The van der Waals surface area contributed by atoms with Gasteiger partial charge < -0.3 is 10.5 Å². The molecule has 0 radical (unpaired) electrons. The predicted octanol–water partition coefficient (Wildman–Crippen LogP) is 2.87. The van der Waals surface area contributed by atoms with Crippen LogP contribution in [-0.2, 0) is 11.3 Å². The van der Waals surface area contributed by atoms with Crippen molar-refractivity contribution in [3.8, 4) is 0 Å². The van der Waals surface area contributed by atoms with Gasteiger partial charge in [0.25, 0.3) is 0 Å². The molecular weight excluding hydrogens is 220 g/mol. The number of methoxy groups -OCH3 is 1. The molecule has 1 aromatic heterocycles. The summed E-state index contributed by atoms with van der Waals surface area (Å²) in [6.07, 6.45) is 8.66. The fourth-order valence-electron chi connectivity index (χ4n) is 2.48. The summed E-state index contributed by atoms with van der Waals surface area (Å²) < 4.78 is 5.64. The highest BCUT2D eigenvalue weighted by molar-refractivity contribution is 7.11. The second-order valence-electron chi connectivity index (χ2n) is 4.42. The number of hydrogen-bond donors (Lipinski definition) is 1. The second-order valence-corrected chi connectivity index (χ2v) is 5.57. The Labute approximate surface area is 101 Å². The van der Waals surface area contributed by atoms with E-state index in [4.69, 9.17) is 10.5 Å². The molecule has 0 aliphatic heterocycles. The first-order valence-electron chi connectivity index (χ1n) is 6.02. The highest BCUT2D eigenvalue weighted by Crippen LogP contribution is 2.37. The van der Waals surface area contributed by atoms with Gasteiger partial charge in [-0.3, -0.25) is 0 Å². The van der Waals surface area contributed by atoms with Crippen molar-refractivity contribution < 1.29 is 4.74 Å². The minimum Gasteiger partial charge on any atom is -0.374 e. The minimum absolute atomic E-state index is 0.186. The lowest BCUT2D eigenvalue weighted by molar-refractivity contribution is 0.0352. The number of ether oxygens (including phenoxy) is 1. The van der Waals surface area contributed by atoms with Crippen molar-refractivity contribution >= 4 is 11.3 Å². The van der Waals surface area contributed by atoms with Gasteiger partial charge in [0.05, 0.1) is 0 Å². The molecule has 1 heterocycles. The average molecular weight is 240 g/mol. The fraction of sp³-hybridized carbons (Fsp3) is 0.750. The molecular formula is C12H20N2OS. The number of hydrogen-bond acceptors (Lipinski definition) is 4. The van der Waals surface area contributed by atoms with Gasteiger partial charge in [-0.25, -0.2) is 4.98 Å². The molecule has 4 heteroatoms. The summed E-state index contributed by atoms with van der Waals surface area (Å²) in [5.74, 6) is 0.649. The maximum Gasteiger partial charge on any atom is 0.122 e. The molecule has 1 fully saturated rings. The summed E-state index contributed by atoms with van der Waals surface area (Å²) >= 11 is 1.70. The average Bonchev–Trinajstić information content (AvgIpc) is 2.80. The van der Waals surface area contributed by atoms with Crippen molar-refractivity contribution in [1.29, 1.82) is 0 Å². The summed E-state index contributed by atoms with van der Waals surface area (Å²) in [4.78, 5) is 5.59. The van der Waals surface area contributed by atoms with Gasteiger partial charge >= 0.3 is 0 Å². The lowest BCUT2D eigenvalue weighted by atomic mass is 9.85. The van der Waals surface area contributed by atoms with Gasteiger partial charge in [-0.1, -0.05) is 19.3 Å². The standard InChI is InChI=1S/C12H20N2OS/c1-15-11(9-5-3-2-4-6-9)12-14-8-10(7-13)16-12/h8-9,11H,2-7,13H2,1H3. The molecule has 0 spiro atoms. The van der Waals surface area contributed by atoms with Crippen LogP contribution in [0.15, 0.2) is 6.20 Å². The van der Waals surface area contributed by atoms with E-state index in [0.717, 1.165) is 9.88 Å². The zero-order valence-electron chi connectivity index (χ0n) is 9.82. The molecule has 90 valence electrons. The Kier molecular flexibility index (Phi) is 4.32. The van der Waals surface area contributed by atoms with Gasteiger partial charge in [0.1, 0.15) is 11.1 Å². The first-order chi connectivity index (χ1) is 7.85. The summed E-state index contributed by atoms with van der Waals surface area (Å²) in [5, 5.41) is 1.11. The van der Waals surface area contributed by atoms with E-state index < -0.39 is 0 Å². The van der Waals surface area contributed by atoms with Gasteiger partial charge in [-0.15, -0.1) is 11.3 Å². The van der Waals surface area contributed by atoms with E-state index in [-0.39, 0.29) is 6.10 Å². The Morgan fingerprint density at radius 1 is 1.50 bits per heavy atom. The van der Waals surface area contributed by atoms with Crippen LogP contribution >= 0.6 is 11.3 Å². The Morgan fingerprint density at radius 3 is 2.81 bits per heavy atom. The Morgan fingerprint density at radius 2 is 2.25 bits per heavy atom. The van der Waals surface area contributed by atoms with Crippen molar-refractivity contribution in [2.24, 2.45) is 11.7 Å². The minimum atomic E-state index is 0.186. The van der Waals surface area contributed by atoms with Gasteiger partial charge in [0, 0.05) is 24.7 Å². The zero-order chi connectivity index (χ0) is 11.4. The second kappa shape index (κ2) is 5.75. The maximum atomic E-state index is 5.64. The van der Waals surface area contributed by atoms with E-state index >= 15 is 0 Å². The van der Waals surface area contributed by atoms with Crippen LogP contribution in [0.5, 0.6) is 0 Å². The third-order valence-corrected chi connectivity index (χ3v) is 4.43. The van der Waals surface area contributed by atoms with E-state index in [0.29, 0.717) is 12.5 Å². The molecule has 2 rings (SSSR count). The van der Waals surface area contributed by atoms with E-state index in [1.165, 1.54) is 32.1 Å². The molecule has 1 aliphatic rings. The van der Waals surface area contributed by atoms with Crippen LogP contribution in [0.4, 0.5) is 0 Å². The Bertz CT molecular complexity index is 321. The number of aromatic nitrogens is 1. The van der Waals surface area contributed by atoms with Crippen molar-refractivity contribution in [2.75, 3.05) is 7.11 Å². The van der Waals surface area contributed by atoms with E-state index in [9.17, 15) is 0 Å². The molecule has 0 bridgehead atoms. The molecule has 1 aliphatic carbocycles. The molecule has 3 nitrogen and oxygen atoms in total. The molecule has 1 atom stereocenters. The number of nitrogens with two attached hydrogens (primary N) is 1. The summed E-state index contributed by atoms with van der Waals surface area (Å²) in [6.45, 7) is 0.582. The molecule has 1 saturated carbocycles. The largest absolute Gasteiger partial charge is 0.374 e. The van der Waals surface area contributed by atoms with Gasteiger partial charge in [0.2, 0.25) is 0 Å². The summed E-state index contributed by atoms with van der Waals surface area (Å²) in [5.41, 5.74) is 5.61. The summed E-state index contributed by atoms with van der Waals surface area (Å²) in [6, 6.07) is 0. The molecule has 0 saturated heterocycles. The highest BCUT2D eigenvalue weighted by Gasteiger charge is 2.27. The van der Waals surface area contributed by atoms with Gasteiger partial charge in [0.15, 0.2) is 0 Å². The quantitative estimate of drug-likeness (QED) is 0.880. The van der Waals surface area contributed by atoms with Crippen LogP contribution in [0.3, 0.4) is 0 Å². The third-order valence-electron chi connectivity index (χ3n) is 3.35. The molecule has 16 heavy (non-hydrogen) atoms. The fourth-order valence-corrected chi connectivity index (χ4v) is 3.45. The molecule has 1 aromatic rings. The smallest absolute Gasteiger partial charge is 0.122 e. The van der Waals surface area contributed by atoms with Crippen LogP contribution in [0.25, 0.3) is 0 Å². The monoisotopic (exact) mass is 240 g/mol. The van der Waals surface area contributed by atoms with E-state index in [2.05, 4.69) is 4.98 Å². The predicted molar refractivity (Wildman–Crippen MR) is 66.3 cm³/mol. The first kappa shape index (κ1) is 12.0. The zero-order valence-corrected chi connectivity index (χ0v) is 10.6. The van der Waals surface area contributed by atoms with Crippen molar-refractivity contribution in [2.45, 2.75) is 44.8 Å².